The third-order valence-corrected chi connectivity index (χ3v) is 4.63. The minimum atomic E-state index is 0.255. The fourth-order valence-corrected chi connectivity index (χ4v) is 3.26. The van der Waals surface area contributed by atoms with Crippen molar-refractivity contribution in [2.45, 2.75) is 30.1 Å². The minimum Gasteiger partial charge on any atom is -0.497 e. The number of methoxy groups -OCH3 is 1. The lowest BCUT2D eigenvalue weighted by molar-refractivity contribution is 0.414. The molecule has 1 unspecified atom stereocenters. The van der Waals surface area contributed by atoms with E-state index < -0.39 is 0 Å². The van der Waals surface area contributed by atoms with E-state index in [1.165, 1.54) is 18.4 Å². The number of aromatic nitrogens is 4. The molecule has 3 rings (SSSR count). The first-order valence-corrected chi connectivity index (χ1v) is 8.02. The Labute approximate surface area is 128 Å². The van der Waals surface area contributed by atoms with Gasteiger partial charge in [-0.15, -0.1) is 5.10 Å². The van der Waals surface area contributed by atoms with Crippen molar-refractivity contribution in [1.29, 1.82) is 0 Å². The molecule has 7 heteroatoms. The molecular weight excluding hydrogens is 286 g/mol. The van der Waals surface area contributed by atoms with E-state index in [0.717, 1.165) is 16.7 Å². The number of rotatable bonds is 7. The second kappa shape index (κ2) is 6.44. The standard InChI is InChI=1S/C14H19N5OS/c1-15-13(10-3-7-12(20-2)8-4-10)9-21-14-16-17-18-19(14)11-5-6-11/h3-4,7-8,11,13,15H,5-6,9H2,1-2H3. The Bertz CT molecular complexity index is 581. The molecule has 0 aliphatic heterocycles. The average molecular weight is 305 g/mol. The van der Waals surface area contributed by atoms with Gasteiger partial charge in [-0.2, -0.15) is 0 Å². The van der Waals surface area contributed by atoms with Gasteiger partial charge in [0.2, 0.25) is 5.16 Å². The molecule has 1 saturated carbocycles. The van der Waals surface area contributed by atoms with Gasteiger partial charge in [-0.25, -0.2) is 4.68 Å². The van der Waals surface area contributed by atoms with Crippen molar-refractivity contribution in [2.75, 3.05) is 19.9 Å². The highest BCUT2D eigenvalue weighted by molar-refractivity contribution is 7.99. The van der Waals surface area contributed by atoms with Gasteiger partial charge in [-0.3, -0.25) is 0 Å². The van der Waals surface area contributed by atoms with Crippen LogP contribution in [0.4, 0.5) is 0 Å². The second-order valence-electron chi connectivity index (χ2n) is 5.06. The molecule has 1 atom stereocenters. The van der Waals surface area contributed by atoms with E-state index in [2.05, 4.69) is 33.0 Å². The van der Waals surface area contributed by atoms with Crippen LogP contribution in [0.25, 0.3) is 0 Å². The summed E-state index contributed by atoms with van der Waals surface area (Å²) in [5, 5.41) is 16.2. The highest BCUT2D eigenvalue weighted by atomic mass is 32.2. The summed E-state index contributed by atoms with van der Waals surface area (Å²) in [6.07, 6.45) is 2.37. The lowest BCUT2D eigenvalue weighted by Crippen LogP contribution is -2.19. The maximum atomic E-state index is 5.19. The Morgan fingerprint density at radius 3 is 2.76 bits per heavy atom. The molecule has 1 N–H and O–H groups in total. The van der Waals surface area contributed by atoms with E-state index in [4.69, 9.17) is 4.74 Å². The summed E-state index contributed by atoms with van der Waals surface area (Å²) < 4.78 is 7.14. The highest BCUT2D eigenvalue weighted by Crippen LogP contribution is 2.37. The number of nitrogens with zero attached hydrogens (tertiary/aromatic N) is 4. The van der Waals surface area contributed by atoms with Gasteiger partial charge in [0.1, 0.15) is 5.75 Å². The predicted octanol–water partition coefficient (Wildman–Crippen LogP) is 2.07. The quantitative estimate of drug-likeness (QED) is 0.790. The Balaban J connectivity index is 1.64. The maximum absolute atomic E-state index is 5.19. The number of thioether (sulfide) groups is 1. The molecule has 21 heavy (non-hydrogen) atoms. The van der Waals surface area contributed by atoms with Crippen molar-refractivity contribution in [1.82, 2.24) is 25.5 Å². The third kappa shape index (κ3) is 3.36. The van der Waals surface area contributed by atoms with E-state index in [1.807, 2.05) is 23.9 Å². The second-order valence-corrected chi connectivity index (χ2v) is 6.05. The number of ether oxygens (including phenoxy) is 1. The van der Waals surface area contributed by atoms with Crippen LogP contribution in [0.5, 0.6) is 5.75 Å². The van der Waals surface area contributed by atoms with Crippen LogP contribution >= 0.6 is 11.8 Å². The first-order valence-electron chi connectivity index (χ1n) is 7.03. The Hall–Kier alpha value is -1.60. The number of tetrazole rings is 1. The molecule has 112 valence electrons. The molecule has 1 heterocycles. The van der Waals surface area contributed by atoms with Gasteiger partial charge in [0.25, 0.3) is 0 Å². The summed E-state index contributed by atoms with van der Waals surface area (Å²) in [6, 6.07) is 8.91. The Morgan fingerprint density at radius 1 is 1.38 bits per heavy atom. The smallest absolute Gasteiger partial charge is 0.209 e. The Morgan fingerprint density at radius 2 is 2.14 bits per heavy atom. The van der Waals surface area contributed by atoms with Gasteiger partial charge in [0.05, 0.1) is 13.2 Å². The van der Waals surface area contributed by atoms with Crippen molar-refractivity contribution in [3.8, 4) is 5.75 Å². The van der Waals surface area contributed by atoms with E-state index in [0.29, 0.717) is 6.04 Å². The number of nitrogens with one attached hydrogen (secondary N) is 1. The monoisotopic (exact) mass is 305 g/mol. The average Bonchev–Trinajstić information content (AvgIpc) is 3.27. The van der Waals surface area contributed by atoms with E-state index in [9.17, 15) is 0 Å². The van der Waals surface area contributed by atoms with Crippen molar-refractivity contribution >= 4 is 11.8 Å². The molecule has 6 nitrogen and oxygen atoms in total. The summed E-state index contributed by atoms with van der Waals surface area (Å²) in [6.45, 7) is 0. The summed E-state index contributed by atoms with van der Waals surface area (Å²) in [5.41, 5.74) is 1.23. The molecule has 0 radical (unpaired) electrons. The number of hydrogen-bond donors (Lipinski definition) is 1. The zero-order valence-electron chi connectivity index (χ0n) is 12.2. The highest BCUT2D eigenvalue weighted by Gasteiger charge is 2.28. The van der Waals surface area contributed by atoms with Gasteiger partial charge in [-0.1, -0.05) is 23.9 Å². The van der Waals surface area contributed by atoms with Crippen LogP contribution in [0, 0.1) is 0 Å². The van der Waals surface area contributed by atoms with Crippen LogP contribution in [-0.4, -0.2) is 40.1 Å². The van der Waals surface area contributed by atoms with E-state index in [-0.39, 0.29) is 6.04 Å². The minimum absolute atomic E-state index is 0.255. The van der Waals surface area contributed by atoms with Gasteiger partial charge >= 0.3 is 0 Å². The normalized spacial score (nSPS) is 15.9. The van der Waals surface area contributed by atoms with Crippen LogP contribution < -0.4 is 10.1 Å². The summed E-state index contributed by atoms with van der Waals surface area (Å²) in [5.74, 6) is 1.76. The fraction of sp³-hybridized carbons (Fsp3) is 0.500. The van der Waals surface area contributed by atoms with Gasteiger partial charge in [0.15, 0.2) is 0 Å². The van der Waals surface area contributed by atoms with Crippen molar-refractivity contribution in [3.05, 3.63) is 29.8 Å². The molecule has 0 bridgehead atoms. The third-order valence-electron chi connectivity index (χ3n) is 3.60. The lowest BCUT2D eigenvalue weighted by atomic mass is 10.1. The van der Waals surface area contributed by atoms with Crippen molar-refractivity contribution in [3.63, 3.8) is 0 Å². The zero-order chi connectivity index (χ0) is 14.7. The molecule has 1 aliphatic rings. The van der Waals surface area contributed by atoms with Crippen LogP contribution in [0.3, 0.4) is 0 Å². The molecule has 0 spiro atoms. The summed E-state index contributed by atoms with van der Waals surface area (Å²) in [7, 11) is 3.65. The molecule has 2 aromatic rings. The molecular formula is C14H19N5OS. The molecule has 1 aromatic heterocycles. The first-order chi connectivity index (χ1) is 10.3. The predicted molar refractivity (Wildman–Crippen MR) is 81.6 cm³/mol. The van der Waals surface area contributed by atoms with Crippen LogP contribution in [-0.2, 0) is 0 Å². The molecule has 0 amide bonds. The van der Waals surface area contributed by atoms with Gasteiger partial charge in [0, 0.05) is 11.8 Å². The van der Waals surface area contributed by atoms with E-state index >= 15 is 0 Å². The SMILES string of the molecule is CNC(CSc1nnnn1C1CC1)c1ccc(OC)cc1. The zero-order valence-corrected chi connectivity index (χ0v) is 13.0. The first kappa shape index (κ1) is 14.3. The van der Waals surface area contributed by atoms with Crippen LogP contribution in [0.2, 0.25) is 0 Å². The topological polar surface area (TPSA) is 64.9 Å². The summed E-state index contributed by atoms with van der Waals surface area (Å²) in [4.78, 5) is 0. The van der Waals surface area contributed by atoms with Crippen LogP contribution in [0.15, 0.2) is 29.4 Å². The van der Waals surface area contributed by atoms with Gasteiger partial charge in [-0.05, 0) is 48.0 Å². The maximum Gasteiger partial charge on any atom is 0.209 e. The molecule has 1 aromatic carbocycles. The largest absolute Gasteiger partial charge is 0.497 e. The van der Waals surface area contributed by atoms with Gasteiger partial charge < -0.3 is 10.1 Å². The lowest BCUT2D eigenvalue weighted by Gasteiger charge is -2.16. The van der Waals surface area contributed by atoms with E-state index in [1.54, 1.807) is 18.9 Å². The number of benzene rings is 1. The van der Waals surface area contributed by atoms with Crippen LogP contribution in [0.1, 0.15) is 30.5 Å². The summed E-state index contributed by atoms with van der Waals surface area (Å²) >= 11 is 1.69. The molecule has 1 fully saturated rings. The fourth-order valence-electron chi connectivity index (χ4n) is 2.17. The number of hydrogen-bond acceptors (Lipinski definition) is 6. The molecule has 0 saturated heterocycles. The van der Waals surface area contributed by atoms with Crippen molar-refractivity contribution in [2.24, 2.45) is 0 Å². The Kier molecular flexibility index (Phi) is 4.40. The molecule has 1 aliphatic carbocycles. The van der Waals surface area contributed by atoms with Crippen molar-refractivity contribution < 1.29 is 4.74 Å².